The summed E-state index contributed by atoms with van der Waals surface area (Å²) < 4.78 is 2.36. The third-order valence-electron chi connectivity index (χ3n) is 14.3. The Labute approximate surface area is 379 Å². The van der Waals surface area contributed by atoms with E-state index in [1.807, 2.05) is 6.07 Å². The van der Waals surface area contributed by atoms with E-state index in [9.17, 15) is 0 Å². The first kappa shape index (κ1) is 37.4. The van der Waals surface area contributed by atoms with Crippen LogP contribution in [0.2, 0.25) is 0 Å². The van der Waals surface area contributed by atoms with E-state index in [2.05, 4.69) is 237 Å². The minimum Gasteiger partial charge on any atom is -0.309 e. The third kappa shape index (κ3) is 5.36. The van der Waals surface area contributed by atoms with Crippen LogP contribution in [0.5, 0.6) is 0 Å². The molecular weight excluding hydrogens is 787 g/mol. The summed E-state index contributed by atoms with van der Waals surface area (Å²) in [6.07, 6.45) is 0. The maximum Gasteiger partial charge on any atom is 0.160 e. The molecule has 0 saturated heterocycles. The largest absolute Gasteiger partial charge is 0.309 e. The van der Waals surface area contributed by atoms with Crippen molar-refractivity contribution in [3.8, 4) is 61.8 Å². The fraction of sp³-hybridized carbons (Fsp3) is 0.0645. The monoisotopic (exact) mass is 829 g/mol. The molecule has 1 spiro atoms. The fourth-order valence-corrected chi connectivity index (χ4v) is 11.5. The lowest BCUT2D eigenvalue weighted by Crippen LogP contribution is -2.40. The molecule has 65 heavy (non-hydrogen) atoms. The van der Waals surface area contributed by atoms with E-state index in [0.29, 0.717) is 5.82 Å². The number of benzene rings is 9. The van der Waals surface area contributed by atoms with Gasteiger partial charge in [0.05, 0.1) is 27.8 Å². The second-order valence-corrected chi connectivity index (χ2v) is 18.0. The molecule has 0 radical (unpaired) electrons. The molecule has 0 N–H and O–H groups in total. The van der Waals surface area contributed by atoms with E-state index in [1.165, 1.54) is 71.9 Å². The van der Waals surface area contributed by atoms with Crippen LogP contribution in [0.3, 0.4) is 0 Å². The van der Waals surface area contributed by atoms with Gasteiger partial charge in [-0.1, -0.05) is 208 Å². The Hall–Kier alpha value is -8.14. The Morgan fingerprint density at radius 1 is 0.354 bits per heavy atom. The first-order chi connectivity index (χ1) is 32.0. The number of para-hydroxylation sites is 2. The maximum atomic E-state index is 5.39. The first-order valence-electron chi connectivity index (χ1n) is 22.6. The highest BCUT2D eigenvalue weighted by molar-refractivity contribution is 6.09. The highest BCUT2D eigenvalue weighted by Gasteiger charge is 2.53. The van der Waals surface area contributed by atoms with Crippen molar-refractivity contribution in [3.63, 3.8) is 0 Å². The van der Waals surface area contributed by atoms with Crippen molar-refractivity contribution in [2.75, 3.05) is 0 Å². The van der Waals surface area contributed by atoms with Gasteiger partial charge < -0.3 is 4.57 Å². The molecule has 0 aliphatic heterocycles. The van der Waals surface area contributed by atoms with E-state index in [1.54, 1.807) is 0 Å². The molecule has 0 bridgehead atoms. The molecule has 2 aliphatic rings. The maximum absolute atomic E-state index is 5.39. The quantitative estimate of drug-likeness (QED) is 0.173. The van der Waals surface area contributed by atoms with Crippen LogP contribution in [0.4, 0.5) is 0 Å². The van der Waals surface area contributed by atoms with Gasteiger partial charge in [-0.05, 0) is 86.0 Å². The lowest BCUT2D eigenvalue weighted by atomic mass is 9.55. The fourth-order valence-electron chi connectivity index (χ4n) is 11.5. The molecule has 9 aromatic carbocycles. The average Bonchev–Trinajstić information content (AvgIpc) is 3.87. The van der Waals surface area contributed by atoms with Crippen LogP contribution >= 0.6 is 0 Å². The van der Waals surface area contributed by atoms with Gasteiger partial charge in [0.15, 0.2) is 5.82 Å². The summed E-state index contributed by atoms with van der Waals surface area (Å²) >= 11 is 0. The number of fused-ring (bicyclic) bond motifs is 12. The van der Waals surface area contributed by atoms with Crippen LogP contribution in [0.25, 0.3) is 83.6 Å². The third-order valence-corrected chi connectivity index (χ3v) is 14.3. The Bertz CT molecular complexity index is 3580. The Balaban J connectivity index is 1.00. The second kappa shape index (κ2) is 14.2. The van der Waals surface area contributed by atoms with Crippen LogP contribution in [0.15, 0.2) is 224 Å². The molecule has 0 fully saturated rings. The van der Waals surface area contributed by atoms with Gasteiger partial charge in [-0.15, -0.1) is 0 Å². The second-order valence-electron chi connectivity index (χ2n) is 18.0. The standard InChI is InChI=1S/C62H43N3/c1-61(2)50-28-12-14-30-52(50)62(53-31-15-13-29-51(53)61)49-27-11-8-25-48(49)59-47(26-18-32-54(59)62)43-21-6-7-22-44(43)56-39-55(63-60(64-56)41-19-4-3-5-20-41)40-35-37-42(38-36-40)65-57-33-16-9-23-45(57)46-24-10-17-34-58(46)65/h3-39H,1-2H3. The van der Waals surface area contributed by atoms with Gasteiger partial charge in [-0.3, -0.25) is 0 Å². The van der Waals surface area contributed by atoms with E-state index < -0.39 is 5.41 Å². The molecule has 0 amide bonds. The summed E-state index contributed by atoms with van der Waals surface area (Å²) in [5.74, 6) is 0.694. The van der Waals surface area contributed by atoms with Crippen molar-refractivity contribution >= 4 is 21.8 Å². The van der Waals surface area contributed by atoms with Crippen LogP contribution in [0.1, 0.15) is 47.2 Å². The van der Waals surface area contributed by atoms with Gasteiger partial charge in [0, 0.05) is 38.6 Å². The first-order valence-corrected chi connectivity index (χ1v) is 22.6. The van der Waals surface area contributed by atoms with Gasteiger partial charge >= 0.3 is 0 Å². The van der Waals surface area contributed by atoms with Gasteiger partial charge in [0.2, 0.25) is 0 Å². The number of hydrogen-bond acceptors (Lipinski definition) is 2. The van der Waals surface area contributed by atoms with Gasteiger partial charge in [-0.2, -0.15) is 0 Å². The summed E-state index contributed by atoms with van der Waals surface area (Å²) in [6, 6.07) is 81.9. The minimum atomic E-state index is -0.479. The molecule has 2 aliphatic carbocycles. The summed E-state index contributed by atoms with van der Waals surface area (Å²) in [7, 11) is 0. The molecular formula is C62H43N3. The van der Waals surface area contributed by atoms with Crippen molar-refractivity contribution in [1.82, 2.24) is 14.5 Å². The zero-order valence-electron chi connectivity index (χ0n) is 36.2. The molecule has 2 aromatic heterocycles. The SMILES string of the molecule is CC1(C)c2ccccc2C2(c3ccccc3-c3c(-c4ccccc4-c4cc(-c5ccc(-n6c7ccccc7c7ccccc76)cc5)nc(-c5ccccc5)n4)cccc32)c2ccccc21. The van der Waals surface area contributed by atoms with Crippen molar-refractivity contribution in [3.05, 3.63) is 258 Å². The Morgan fingerprint density at radius 2 is 0.846 bits per heavy atom. The summed E-state index contributed by atoms with van der Waals surface area (Å²) in [4.78, 5) is 10.7. The average molecular weight is 830 g/mol. The normalized spacial score (nSPS) is 13.9. The molecule has 3 heteroatoms. The lowest BCUT2D eigenvalue weighted by Gasteiger charge is -2.46. The molecule has 2 heterocycles. The van der Waals surface area contributed by atoms with Crippen LogP contribution in [-0.2, 0) is 10.8 Å². The zero-order chi connectivity index (χ0) is 43.3. The number of hydrogen-bond donors (Lipinski definition) is 0. The van der Waals surface area contributed by atoms with Crippen LogP contribution < -0.4 is 0 Å². The Morgan fingerprint density at radius 3 is 1.51 bits per heavy atom. The summed E-state index contributed by atoms with van der Waals surface area (Å²) in [5.41, 5.74) is 20.7. The van der Waals surface area contributed by atoms with Gasteiger partial charge in [-0.25, -0.2) is 9.97 Å². The molecule has 0 atom stereocenters. The van der Waals surface area contributed by atoms with E-state index in [4.69, 9.17) is 9.97 Å². The molecule has 13 rings (SSSR count). The highest BCUT2D eigenvalue weighted by Crippen LogP contribution is 2.63. The van der Waals surface area contributed by atoms with E-state index in [0.717, 1.165) is 39.3 Å². The smallest absolute Gasteiger partial charge is 0.160 e. The van der Waals surface area contributed by atoms with E-state index in [-0.39, 0.29) is 5.41 Å². The van der Waals surface area contributed by atoms with E-state index >= 15 is 0 Å². The Kier molecular flexibility index (Phi) is 8.17. The number of rotatable bonds is 5. The van der Waals surface area contributed by atoms with Crippen molar-refractivity contribution in [1.29, 1.82) is 0 Å². The molecule has 11 aromatic rings. The van der Waals surface area contributed by atoms with Gasteiger partial charge in [0.1, 0.15) is 0 Å². The summed E-state index contributed by atoms with van der Waals surface area (Å²) in [6.45, 7) is 4.76. The molecule has 306 valence electrons. The predicted octanol–water partition coefficient (Wildman–Crippen LogP) is 15.2. The minimum absolute atomic E-state index is 0.160. The highest BCUT2D eigenvalue weighted by atomic mass is 15.0. The molecule has 0 unspecified atom stereocenters. The van der Waals surface area contributed by atoms with Crippen molar-refractivity contribution in [2.24, 2.45) is 0 Å². The molecule has 3 nitrogen and oxygen atoms in total. The van der Waals surface area contributed by atoms with Gasteiger partial charge in [0.25, 0.3) is 0 Å². The lowest BCUT2D eigenvalue weighted by molar-refractivity contribution is 0.563. The predicted molar refractivity (Wildman–Crippen MR) is 268 cm³/mol. The van der Waals surface area contributed by atoms with Crippen LogP contribution in [0, 0.1) is 0 Å². The number of aromatic nitrogens is 3. The van der Waals surface area contributed by atoms with Crippen molar-refractivity contribution in [2.45, 2.75) is 24.7 Å². The number of nitrogens with zero attached hydrogens (tertiary/aromatic N) is 3. The summed E-state index contributed by atoms with van der Waals surface area (Å²) in [5, 5.41) is 2.50. The topological polar surface area (TPSA) is 30.7 Å². The molecule has 0 saturated carbocycles. The van der Waals surface area contributed by atoms with Crippen LogP contribution in [-0.4, -0.2) is 14.5 Å². The van der Waals surface area contributed by atoms with Crippen molar-refractivity contribution < 1.29 is 0 Å². The zero-order valence-corrected chi connectivity index (χ0v) is 36.2.